The Bertz CT molecular complexity index is 662. The van der Waals surface area contributed by atoms with Gasteiger partial charge in [-0.15, -0.1) is 0 Å². The maximum atomic E-state index is 12.0. The molecule has 2 N–H and O–H groups in total. The number of benzene rings is 1. The zero-order valence-electron chi connectivity index (χ0n) is 9.95. The molecule has 0 spiro atoms. The van der Waals surface area contributed by atoms with Crippen LogP contribution in [0.2, 0.25) is 0 Å². The number of nitrogens with zero attached hydrogens (tertiary/aromatic N) is 1. The summed E-state index contributed by atoms with van der Waals surface area (Å²) in [6.07, 6.45) is 1.43. The molecule has 0 saturated carbocycles. The second kappa shape index (κ2) is 5.11. The van der Waals surface area contributed by atoms with Gasteiger partial charge in [0, 0.05) is 6.07 Å². The Morgan fingerprint density at radius 2 is 1.95 bits per heavy atom. The first kappa shape index (κ1) is 13.1. The number of hydrogen-bond acceptors (Lipinski definition) is 5. The van der Waals surface area contributed by atoms with Crippen molar-refractivity contribution in [3.8, 4) is 0 Å². The smallest absolute Gasteiger partial charge is 0.337 e. The molecule has 2 rings (SSSR count). The Balaban J connectivity index is 2.24. The highest BCUT2D eigenvalue weighted by Crippen LogP contribution is 2.15. The van der Waals surface area contributed by atoms with E-state index in [1.807, 2.05) is 0 Å². The number of rotatable bonds is 4. The van der Waals surface area contributed by atoms with E-state index < -0.39 is 16.0 Å². The summed E-state index contributed by atoms with van der Waals surface area (Å²) in [7, 11) is -2.45. The van der Waals surface area contributed by atoms with Crippen LogP contribution < -0.4 is 4.72 Å². The van der Waals surface area contributed by atoms with Crippen LogP contribution in [0.5, 0.6) is 0 Å². The summed E-state index contributed by atoms with van der Waals surface area (Å²) in [4.78, 5) is 11.3. The van der Waals surface area contributed by atoms with E-state index in [1.165, 1.54) is 43.6 Å². The molecular weight excluding hydrogens is 270 g/mol. The minimum atomic E-state index is -3.71. The largest absolute Gasteiger partial charge is 0.465 e. The zero-order valence-corrected chi connectivity index (χ0v) is 10.8. The lowest BCUT2D eigenvalue weighted by molar-refractivity contribution is 0.0600. The van der Waals surface area contributed by atoms with Crippen molar-refractivity contribution in [2.24, 2.45) is 0 Å². The minimum absolute atomic E-state index is 0.0368. The highest BCUT2D eigenvalue weighted by Gasteiger charge is 2.15. The molecule has 0 radical (unpaired) electrons. The minimum Gasteiger partial charge on any atom is -0.465 e. The normalized spacial score (nSPS) is 11.0. The van der Waals surface area contributed by atoms with Crippen molar-refractivity contribution < 1.29 is 17.9 Å². The van der Waals surface area contributed by atoms with Crippen molar-refractivity contribution in [1.82, 2.24) is 10.2 Å². The molecule has 1 aromatic carbocycles. The van der Waals surface area contributed by atoms with Crippen LogP contribution in [0.4, 0.5) is 5.82 Å². The molecule has 0 amide bonds. The van der Waals surface area contributed by atoms with Gasteiger partial charge in [0.15, 0.2) is 0 Å². The van der Waals surface area contributed by atoms with E-state index in [4.69, 9.17) is 0 Å². The quantitative estimate of drug-likeness (QED) is 0.814. The lowest BCUT2D eigenvalue weighted by atomic mass is 10.2. The molecule has 100 valence electrons. The molecule has 0 saturated heterocycles. The molecular formula is C11H11N3O4S. The van der Waals surface area contributed by atoms with Crippen molar-refractivity contribution in [3.05, 3.63) is 42.1 Å². The third-order valence-electron chi connectivity index (χ3n) is 2.33. The first-order chi connectivity index (χ1) is 9.03. The summed E-state index contributed by atoms with van der Waals surface area (Å²) in [5.74, 6) is -0.262. The van der Waals surface area contributed by atoms with Crippen molar-refractivity contribution in [2.75, 3.05) is 11.8 Å². The van der Waals surface area contributed by atoms with Crippen LogP contribution in [0.25, 0.3) is 0 Å². The summed E-state index contributed by atoms with van der Waals surface area (Å²) in [5.41, 5.74) is 0.281. The van der Waals surface area contributed by atoms with Gasteiger partial charge in [-0.1, -0.05) is 0 Å². The standard InChI is InChI=1S/C11H11N3O4S/c1-18-11(15)8-2-4-9(5-3-8)19(16,17)14-10-6-7-12-13-10/h2-7H,1H3,(H2,12,13,14). The monoisotopic (exact) mass is 281 g/mol. The van der Waals surface area contributed by atoms with Crippen molar-refractivity contribution in [2.45, 2.75) is 4.90 Å². The van der Waals surface area contributed by atoms with Crippen LogP contribution in [0.1, 0.15) is 10.4 Å². The second-order valence-corrected chi connectivity index (χ2v) is 5.27. The predicted molar refractivity (Wildman–Crippen MR) is 67.2 cm³/mol. The summed E-state index contributed by atoms with van der Waals surface area (Å²) in [6.45, 7) is 0. The van der Waals surface area contributed by atoms with E-state index in [0.717, 1.165) is 0 Å². The van der Waals surface area contributed by atoms with Crippen LogP contribution in [0.15, 0.2) is 41.4 Å². The number of nitrogens with one attached hydrogen (secondary N) is 2. The maximum Gasteiger partial charge on any atom is 0.337 e. The van der Waals surface area contributed by atoms with Crippen LogP contribution in [-0.4, -0.2) is 31.7 Å². The van der Waals surface area contributed by atoms with Crippen molar-refractivity contribution >= 4 is 21.8 Å². The van der Waals surface area contributed by atoms with E-state index in [0.29, 0.717) is 0 Å². The average molecular weight is 281 g/mol. The van der Waals surface area contributed by atoms with Gasteiger partial charge in [-0.3, -0.25) is 9.82 Å². The Morgan fingerprint density at radius 3 is 2.47 bits per heavy atom. The fourth-order valence-electron chi connectivity index (χ4n) is 1.40. The second-order valence-electron chi connectivity index (χ2n) is 3.59. The zero-order chi connectivity index (χ0) is 13.9. The Hall–Kier alpha value is -2.35. The molecule has 1 aromatic heterocycles. The number of hydrogen-bond donors (Lipinski definition) is 2. The molecule has 0 unspecified atom stereocenters. The molecule has 7 nitrogen and oxygen atoms in total. The van der Waals surface area contributed by atoms with Gasteiger partial charge in [-0.05, 0) is 24.3 Å². The van der Waals surface area contributed by atoms with E-state index >= 15 is 0 Å². The van der Waals surface area contributed by atoms with Crippen molar-refractivity contribution in [1.29, 1.82) is 0 Å². The van der Waals surface area contributed by atoms with E-state index in [9.17, 15) is 13.2 Å². The number of H-pyrrole nitrogens is 1. The molecule has 19 heavy (non-hydrogen) atoms. The molecule has 0 fully saturated rings. The lowest BCUT2D eigenvalue weighted by Gasteiger charge is -2.06. The van der Waals surface area contributed by atoms with Gasteiger partial charge in [-0.25, -0.2) is 13.2 Å². The van der Waals surface area contributed by atoms with Gasteiger partial charge < -0.3 is 4.74 Å². The first-order valence-corrected chi connectivity index (χ1v) is 6.72. The highest BCUT2D eigenvalue weighted by molar-refractivity contribution is 7.92. The van der Waals surface area contributed by atoms with Gasteiger partial charge in [0.2, 0.25) is 0 Å². The average Bonchev–Trinajstić information content (AvgIpc) is 2.90. The summed E-state index contributed by atoms with van der Waals surface area (Å²) in [6, 6.07) is 6.90. The first-order valence-electron chi connectivity index (χ1n) is 5.23. The number of aromatic amines is 1. The van der Waals surface area contributed by atoms with Crippen LogP contribution in [0.3, 0.4) is 0 Å². The van der Waals surface area contributed by atoms with Gasteiger partial charge in [0.25, 0.3) is 10.0 Å². The predicted octanol–water partition coefficient (Wildman–Crippen LogP) is 0.997. The van der Waals surface area contributed by atoms with Gasteiger partial charge in [-0.2, -0.15) is 5.10 Å². The number of ether oxygens (including phenoxy) is 1. The molecule has 0 aliphatic heterocycles. The van der Waals surface area contributed by atoms with Crippen LogP contribution in [-0.2, 0) is 14.8 Å². The number of aromatic nitrogens is 2. The summed E-state index contributed by atoms with van der Waals surface area (Å²) >= 11 is 0. The number of methoxy groups -OCH3 is 1. The highest BCUT2D eigenvalue weighted by atomic mass is 32.2. The van der Waals surface area contributed by atoms with E-state index in [2.05, 4.69) is 19.7 Å². The molecule has 1 heterocycles. The van der Waals surface area contributed by atoms with Gasteiger partial charge in [0.05, 0.1) is 23.8 Å². The maximum absolute atomic E-state index is 12.0. The Kier molecular flexibility index (Phi) is 3.52. The van der Waals surface area contributed by atoms with Gasteiger partial charge in [0.1, 0.15) is 5.82 Å². The topological polar surface area (TPSA) is 101 Å². The Morgan fingerprint density at radius 1 is 1.26 bits per heavy atom. The molecule has 0 aliphatic rings. The number of esters is 1. The van der Waals surface area contributed by atoms with E-state index in [1.54, 1.807) is 0 Å². The lowest BCUT2D eigenvalue weighted by Crippen LogP contribution is -2.13. The van der Waals surface area contributed by atoms with E-state index in [-0.39, 0.29) is 16.3 Å². The molecule has 0 aliphatic carbocycles. The fraction of sp³-hybridized carbons (Fsp3) is 0.0909. The number of carbonyl (C=O) groups is 1. The third kappa shape index (κ3) is 2.91. The SMILES string of the molecule is COC(=O)c1ccc(S(=O)(=O)Nc2ccn[nH]2)cc1. The molecule has 0 bridgehead atoms. The molecule has 8 heteroatoms. The number of carbonyl (C=O) groups excluding carboxylic acids is 1. The summed E-state index contributed by atoms with van der Waals surface area (Å²) in [5, 5.41) is 6.12. The summed E-state index contributed by atoms with van der Waals surface area (Å²) < 4.78 is 30.8. The van der Waals surface area contributed by atoms with Gasteiger partial charge >= 0.3 is 5.97 Å². The molecule has 2 aromatic rings. The van der Waals surface area contributed by atoms with Crippen molar-refractivity contribution in [3.63, 3.8) is 0 Å². The Labute approximate surface area is 109 Å². The number of anilines is 1. The third-order valence-corrected chi connectivity index (χ3v) is 3.71. The number of sulfonamides is 1. The molecule has 0 atom stereocenters. The van der Waals surface area contributed by atoms with Crippen LogP contribution in [0, 0.1) is 0 Å². The fourth-order valence-corrected chi connectivity index (χ4v) is 2.42. The van der Waals surface area contributed by atoms with Crippen LogP contribution >= 0.6 is 0 Å².